The molecule has 2 aromatic carbocycles. The predicted octanol–water partition coefficient (Wildman–Crippen LogP) is 3.97. The molecule has 2 fully saturated rings. The summed E-state index contributed by atoms with van der Waals surface area (Å²) in [7, 11) is 1.74. The van der Waals surface area contributed by atoms with Crippen LogP contribution in [-0.2, 0) is 14.9 Å². The average molecular weight is 371 g/mol. The standard InChI is InChI=1S/C20H19BrO2/c1-23-16-12-15-17(18(16)21)20(19(15)22,13-8-4-2-5-9-13)14-10-6-3-7-11-14/h2-11,15-18H,12H2,1H3/t15-,16+,17-,18+/m0/s1. The van der Waals surface area contributed by atoms with Crippen LogP contribution in [0, 0.1) is 11.8 Å². The van der Waals surface area contributed by atoms with Gasteiger partial charge in [0.2, 0.25) is 0 Å². The number of rotatable bonds is 3. The largest absolute Gasteiger partial charge is 0.380 e. The molecule has 3 heteroatoms. The molecular weight excluding hydrogens is 352 g/mol. The molecule has 0 saturated heterocycles. The Morgan fingerprint density at radius 2 is 1.52 bits per heavy atom. The topological polar surface area (TPSA) is 26.3 Å². The van der Waals surface area contributed by atoms with E-state index in [4.69, 9.17) is 4.74 Å². The number of hydrogen-bond acceptors (Lipinski definition) is 2. The molecule has 0 bridgehead atoms. The minimum absolute atomic E-state index is 0.0877. The van der Waals surface area contributed by atoms with Crippen LogP contribution in [-0.4, -0.2) is 23.8 Å². The van der Waals surface area contributed by atoms with E-state index in [0.717, 1.165) is 17.5 Å². The summed E-state index contributed by atoms with van der Waals surface area (Å²) in [5.41, 5.74) is 1.64. The zero-order chi connectivity index (χ0) is 16.0. The van der Waals surface area contributed by atoms with Crippen LogP contribution in [0.5, 0.6) is 0 Å². The number of carbonyl (C=O) groups excluding carboxylic acids is 1. The van der Waals surface area contributed by atoms with Crippen LogP contribution >= 0.6 is 15.9 Å². The highest BCUT2D eigenvalue weighted by Gasteiger charge is 2.69. The summed E-state index contributed by atoms with van der Waals surface area (Å²) in [5, 5.41) is 0. The van der Waals surface area contributed by atoms with Gasteiger partial charge in [0.05, 0.1) is 11.5 Å². The summed E-state index contributed by atoms with van der Waals surface area (Å²) in [6, 6.07) is 20.4. The fourth-order valence-corrected chi connectivity index (χ4v) is 5.81. The van der Waals surface area contributed by atoms with Crippen LogP contribution in [0.4, 0.5) is 0 Å². The summed E-state index contributed by atoms with van der Waals surface area (Å²) in [6.45, 7) is 0. The number of alkyl halides is 1. The molecule has 118 valence electrons. The van der Waals surface area contributed by atoms with Gasteiger partial charge in [-0.25, -0.2) is 0 Å². The van der Waals surface area contributed by atoms with E-state index in [0.29, 0.717) is 5.78 Å². The van der Waals surface area contributed by atoms with E-state index in [1.54, 1.807) is 7.11 Å². The molecule has 2 aliphatic rings. The van der Waals surface area contributed by atoms with Gasteiger partial charge in [-0.1, -0.05) is 76.6 Å². The molecule has 0 N–H and O–H groups in total. The molecule has 2 saturated carbocycles. The number of ether oxygens (including phenoxy) is 1. The minimum atomic E-state index is -0.547. The van der Waals surface area contributed by atoms with Crippen molar-refractivity contribution in [2.24, 2.45) is 11.8 Å². The Hall–Kier alpha value is -1.45. The number of hydrogen-bond donors (Lipinski definition) is 0. The lowest BCUT2D eigenvalue weighted by atomic mass is 9.48. The molecule has 0 unspecified atom stereocenters. The SMILES string of the molecule is CO[C@@H]1C[C@@H]2C(=O)C(c3ccccc3)(c3ccccc3)[C@@H]2[C@@H]1Br. The van der Waals surface area contributed by atoms with Crippen LogP contribution < -0.4 is 0 Å². The summed E-state index contributed by atoms with van der Waals surface area (Å²) in [5.74, 6) is 0.665. The number of fused-ring (bicyclic) bond motifs is 1. The average Bonchev–Trinajstić information content (AvgIpc) is 2.91. The van der Waals surface area contributed by atoms with Gasteiger partial charge in [0.1, 0.15) is 0 Å². The Morgan fingerprint density at radius 1 is 1.00 bits per heavy atom. The zero-order valence-electron chi connectivity index (χ0n) is 13.0. The summed E-state index contributed by atoms with van der Waals surface area (Å²) < 4.78 is 5.62. The molecule has 0 heterocycles. The van der Waals surface area contributed by atoms with E-state index in [2.05, 4.69) is 40.2 Å². The van der Waals surface area contributed by atoms with Crippen molar-refractivity contribution in [1.82, 2.24) is 0 Å². The highest BCUT2D eigenvalue weighted by Crippen LogP contribution is 2.62. The second kappa shape index (κ2) is 5.57. The summed E-state index contributed by atoms with van der Waals surface area (Å²) in [4.78, 5) is 13.5. The lowest BCUT2D eigenvalue weighted by Crippen LogP contribution is -2.61. The number of carbonyl (C=O) groups is 1. The molecule has 0 amide bonds. The predicted molar refractivity (Wildman–Crippen MR) is 93.8 cm³/mol. The van der Waals surface area contributed by atoms with Crippen LogP contribution in [0.3, 0.4) is 0 Å². The van der Waals surface area contributed by atoms with Crippen molar-refractivity contribution in [3.63, 3.8) is 0 Å². The highest BCUT2D eigenvalue weighted by molar-refractivity contribution is 9.09. The van der Waals surface area contributed by atoms with E-state index in [1.165, 1.54) is 0 Å². The van der Waals surface area contributed by atoms with Gasteiger partial charge in [0.25, 0.3) is 0 Å². The lowest BCUT2D eigenvalue weighted by Gasteiger charge is -2.52. The molecule has 4 atom stereocenters. The smallest absolute Gasteiger partial charge is 0.151 e. The van der Waals surface area contributed by atoms with Crippen molar-refractivity contribution in [3.05, 3.63) is 71.8 Å². The first-order chi connectivity index (χ1) is 11.2. The van der Waals surface area contributed by atoms with Crippen molar-refractivity contribution < 1.29 is 9.53 Å². The van der Waals surface area contributed by atoms with Crippen molar-refractivity contribution in [1.29, 1.82) is 0 Å². The van der Waals surface area contributed by atoms with Crippen LogP contribution in [0.2, 0.25) is 0 Å². The molecule has 0 radical (unpaired) electrons. The number of halogens is 1. The van der Waals surface area contributed by atoms with Gasteiger partial charge in [0.15, 0.2) is 5.78 Å². The van der Waals surface area contributed by atoms with Gasteiger partial charge in [-0.2, -0.15) is 0 Å². The first-order valence-corrected chi connectivity index (χ1v) is 8.95. The maximum atomic E-state index is 13.3. The third-order valence-electron chi connectivity index (χ3n) is 5.60. The van der Waals surface area contributed by atoms with E-state index >= 15 is 0 Å². The second-order valence-electron chi connectivity index (χ2n) is 6.49. The maximum Gasteiger partial charge on any atom is 0.151 e. The number of ketones is 1. The fraction of sp³-hybridized carbons (Fsp3) is 0.350. The van der Waals surface area contributed by atoms with Crippen LogP contribution in [0.1, 0.15) is 17.5 Å². The van der Waals surface area contributed by atoms with E-state index in [1.807, 2.05) is 36.4 Å². The van der Waals surface area contributed by atoms with Crippen molar-refractivity contribution in [2.45, 2.75) is 22.8 Å². The third kappa shape index (κ3) is 1.93. The Kier molecular flexibility index (Phi) is 3.66. The molecule has 0 aliphatic heterocycles. The fourth-order valence-electron chi connectivity index (χ4n) is 4.62. The number of methoxy groups -OCH3 is 1. The Bertz CT molecular complexity index is 673. The molecule has 2 aromatic rings. The molecule has 2 aliphatic carbocycles. The van der Waals surface area contributed by atoms with E-state index in [-0.39, 0.29) is 22.8 Å². The summed E-state index contributed by atoms with van der Waals surface area (Å²) >= 11 is 3.84. The van der Waals surface area contributed by atoms with Crippen LogP contribution in [0.15, 0.2) is 60.7 Å². The lowest BCUT2D eigenvalue weighted by molar-refractivity contribution is -0.141. The second-order valence-corrected chi connectivity index (χ2v) is 7.55. The van der Waals surface area contributed by atoms with Gasteiger partial charge < -0.3 is 4.74 Å². The van der Waals surface area contributed by atoms with Crippen molar-refractivity contribution in [3.8, 4) is 0 Å². The van der Waals surface area contributed by atoms with E-state index in [9.17, 15) is 4.79 Å². The van der Waals surface area contributed by atoms with Gasteiger partial charge in [-0.3, -0.25) is 4.79 Å². The Morgan fingerprint density at radius 3 is 2.00 bits per heavy atom. The quantitative estimate of drug-likeness (QED) is 0.764. The molecular formula is C20H19BrO2. The first-order valence-electron chi connectivity index (χ1n) is 8.03. The molecule has 0 spiro atoms. The normalized spacial score (nSPS) is 31.5. The molecule has 4 rings (SSSR count). The Labute approximate surface area is 145 Å². The van der Waals surface area contributed by atoms with Gasteiger partial charge in [-0.15, -0.1) is 0 Å². The van der Waals surface area contributed by atoms with Crippen molar-refractivity contribution in [2.75, 3.05) is 7.11 Å². The Balaban J connectivity index is 1.90. The molecule has 0 aromatic heterocycles. The first kappa shape index (κ1) is 15.1. The number of Topliss-reactive ketones (excluding diaryl/α,β-unsaturated/α-hetero) is 1. The van der Waals surface area contributed by atoms with Crippen LogP contribution in [0.25, 0.3) is 0 Å². The molecule has 2 nitrogen and oxygen atoms in total. The third-order valence-corrected chi connectivity index (χ3v) is 6.76. The van der Waals surface area contributed by atoms with E-state index < -0.39 is 5.41 Å². The monoisotopic (exact) mass is 370 g/mol. The van der Waals surface area contributed by atoms with Gasteiger partial charge in [-0.05, 0) is 17.5 Å². The maximum absolute atomic E-state index is 13.3. The summed E-state index contributed by atoms with van der Waals surface area (Å²) in [6.07, 6.45) is 0.917. The highest BCUT2D eigenvalue weighted by atomic mass is 79.9. The molecule has 23 heavy (non-hydrogen) atoms. The zero-order valence-corrected chi connectivity index (χ0v) is 14.6. The van der Waals surface area contributed by atoms with Crippen molar-refractivity contribution >= 4 is 21.7 Å². The number of benzene rings is 2. The van der Waals surface area contributed by atoms with Gasteiger partial charge in [0, 0.05) is 23.8 Å². The minimum Gasteiger partial charge on any atom is -0.380 e. The van der Waals surface area contributed by atoms with Gasteiger partial charge >= 0.3 is 0 Å².